The van der Waals surface area contributed by atoms with Crippen molar-refractivity contribution in [2.45, 2.75) is 18.7 Å². The molecule has 0 saturated heterocycles. The average molecular weight is 412 g/mol. The van der Waals surface area contributed by atoms with E-state index < -0.39 is 20.6 Å². The summed E-state index contributed by atoms with van der Waals surface area (Å²) in [5, 5.41) is 13.0. The number of carbonyl (C=O) groups excluding carboxylic acids is 1. The number of nitrogens with one attached hydrogen (secondary N) is 1. The third kappa shape index (κ3) is 4.13. The van der Waals surface area contributed by atoms with Gasteiger partial charge in [-0.15, -0.1) is 0 Å². The molecule has 7 nitrogen and oxygen atoms in total. The van der Waals surface area contributed by atoms with Crippen molar-refractivity contribution in [2.24, 2.45) is 0 Å². The van der Waals surface area contributed by atoms with Crippen LogP contribution in [0.1, 0.15) is 11.1 Å². The Kier molecular flexibility index (Phi) is 5.45. The van der Waals surface area contributed by atoms with Crippen LogP contribution in [-0.4, -0.2) is 29.6 Å². The van der Waals surface area contributed by atoms with Gasteiger partial charge in [0.15, 0.2) is 0 Å². The first-order valence-corrected chi connectivity index (χ1v) is 8.66. The van der Waals surface area contributed by atoms with Crippen molar-refractivity contribution < 1.29 is 18.1 Å². The number of aryl methyl sites for hydroxylation is 2. The largest absolute Gasteiger partial charge is 0.325 e. The molecule has 0 fully saturated rings. The maximum absolute atomic E-state index is 11.9. The Labute approximate surface area is 130 Å². The van der Waals surface area contributed by atoms with Gasteiger partial charge in [-0.25, -0.2) is 8.42 Å². The Bertz CT molecular complexity index is 634. The van der Waals surface area contributed by atoms with Crippen molar-refractivity contribution in [1.82, 2.24) is 0 Å². The number of nitro groups is 1. The Morgan fingerprint density at radius 2 is 1.85 bits per heavy atom. The third-order valence-corrected chi connectivity index (χ3v) is 4.96. The summed E-state index contributed by atoms with van der Waals surface area (Å²) in [6.07, 6.45) is 0. The third-order valence-electron chi connectivity index (χ3n) is 2.45. The zero-order valence-corrected chi connectivity index (χ0v) is 13.8. The summed E-state index contributed by atoms with van der Waals surface area (Å²) in [7, 11) is -3.98. The quantitative estimate of drug-likeness (QED) is 0.343. The van der Waals surface area contributed by atoms with E-state index >= 15 is 0 Å². The predicted octanol–water partition coefficient (Wildman–Crippen LogP) is 1.68. The van der Waals surface area contributed by atoms with E-state index in [2.05, 4.69) is 5.32 Å². The van der Waals surface area contributed by atoms with E-state index in [1.54, 1.807) is 13.8 Å². The standard InChI is InChI=1S/C11H13IN2O5S/c1-7-3-9(13-10(15)5-12)4-8(2)11(7)20(18,19)6-14(16)17/h3-4H,5-6H2,1-2H3,(H,13,15). The van der Waals surface area contributed by atoms with E-state index in [4.69, 9.17) is 0 Å². The fraction of sp³-hybridized carbons (Fsp3) is 0.364. The molecule has 0 bridgehead atoms. The van der Waals surface area contributed by atoms with Crippen molar-refractivity contribution in [3.8, 4) is 0 Å². The number of sulfone groups is 1. The van der Waals surface area contributed by atoms with Crippen LogP contribution in [0.3, 0.4) is 0 Å². The van der Waals surface area contributed by atoms with Crippen molar-refractivity contribution >= 4 is 44.0 Å². The SMILES string of the molecule is Cc1cc(NC(=O)CI)cc(C)c1S(=O)(=O)C[N+](=O)[O-]. The Hall–Kier alpha value is -1.23. The van der Waals surface area contributed by atoms with Crippen LogP contribution in [0.4, 0.5) is 5.69 Å². The molecule has 0 atom stereocenters. The molecule has 0 aliphatic heterocycles. The summed E-state index contributed by atoms with van der Waals surface area (Å²) in [6, 6.07) is 2.98. The highest BCUT2D eigenvalue weighted by Gasteiger charge is 2.25. The van der Waals surface area contributed by atoms with E-state index in [0.717, 1.165) is 0 Å². The minimum atomic E-state index is -3.98. The monoisotopic (exact) mass is 412 g/mol. The zero-order valence-electron chi connectivity index (χ0n) is 10.8. The van der Waals surface area contributed by atoms with Gasteiger partial charge >= 0.3 is 5.88 Å². The van der Waals surface area contributed by atoms with Crippen molar-refractivity contribution in [2.75, 3.05) is 15.6 Å². The minimum absolute atomic E-state index is 0.0540. The lowest BCUT2D eigenvalue weighted by Gasteiger charge is -2.12. The van der Waals surface area contributed by atoms with Gasteiger partial charge in [-0.3, -0.25) is 14.9 Å². The molecule has 0 unspecified atom stereocenters. The molecule has 110 valence electrons. The number of benzene rings is 1. The Morgan fingerprint density at radius 1 is 1.35 bits per heavy atom. The van der Waals surface area contributed by atoms with Gasteiger partial charge in [0.1, 0.15) is 0 Å². The molecule has 20 heavy (non-hydrogen) atoms. The van der Waals surface area contributed by atoms with E-state index in [0.29, 0.717) is 16.8 Å². The van der Waals surface area contributed by atoms with Gasteiger partial charge in [0.2, 0.25) is 15.7 Å². The maximum Gasteiger partial charge on any atom is 0.305 e. The fourth-order valence-electron chi connectivity index (χ4n) is 1.91. The molecule has 0 aromatic heterocycles. The van der Waals surface area contributed by atoms with Gasteiger partial charge in [0.25, 0.3) is 0 Å². The molecule has 1 aromatic rings. The molecule has 1 N–H and O–H groups in total. The second-order valence-corrected chi connectivity index (χ2v) is 6.86. The zero-order chi connectivity index (χ0) is 15.5. The van der Waals surface area contributed by atoms with Crippen molar-refractivity contribution in [1.29, 1.82) is 0 Å². The smallest absolute Gasteiger partial charge is 0.305 e. The fourth-order valence-corrected chi connectivity index (χ4v) is 3.61. The van der Waals surface area contributed by atoms with E-state index in [1.165, 1.54) is 12.1 Å². The Morgan fingerprint density at radius 3 is 2.25 bits per heavy atom. The first kappa shape index (κ1) is 16.8. The van der Waals surface area contributed by atoms with Crippen molar-refractivity contribution in [3.63, 3.8) is 0 Å². The number of rotatable bonds is 5. The number of anilines is 1. The average Bonchev–Trinajstić information content (AvgIpc) is 2.25. The highest BCUT2D eigenvalue weighted by atomic mass is 127. The normalized spacial score (nSPS) is 11.2. The first-order valence-electron chi connectivity index (χ1n) is 5.49. The predicted molar refractivity (Wildman–Crippen MR) is 82.5 cm³/mol. The second-order valence-electron chi connectivity index (χ2n) is 4.20. The molecule has 0 aliphatic rings. The van der Waals surface area contributed by atoms with Gasteiger partial charge in [-0.2, -0.15) is 0 Å². The number of hydrogen-bond donors (Lipinski definition) is 1. The highest BCUT2D eigenvalue weighted by Crippen LogP contribution is 2.25. The van der Waals surface area contributed by atoms with Crippen LogP contribution in [0.5, 0.6) is 0 Å². The minimum Gasteiger partial charge on any atom is -0.325 e. The van der Waals surface area contributed by atoms with Gasteiger partial charge in [0, 0.05) is 10.6 Å². The molecule has 0 saturated carbocycles. The van der Waals surface area contributed by atoms with Crippen LogP contribution in [0.15, 0.2) is 17.0 Å². The van der Waals surface area contributed by atoms with Crippen LogP contribution in [-0.2, 0) is 14.6 Å². The summed E-state index contributed by atoms with van der Waals surface area (Å²) >= 11 is 1.91. The summed E-state index contributed by atoms with van der Waals surface area (Å²) in [5.74, 6) is -1.35. The lowest BCUT2D eigenvalue weighted by molar-refractivity contribution is -0.458. The number of halogens is 1. The maximum atomic E-state index is 11.9. The molecule has 0 aliphatic carbocycles. The summed E-state index contributed by atoms with van der Waals surface area (Å²) < 4.78 is 24.2. The van der Waals surface area contributed by atoms with Crippen LogP contribution in [0, 0.1) is 24.0 Å². The lowest BCUT2D eigenvalue weighted by atomic mass is 10.1. The van der Waals surface area contributed by atoms with Crippen LogP contribution < -0.4 is 5.32 Å². The molecule has 9 heteroatoms. The first-order chi connectivity index (χ1) is 9.17. The number of nitrogens with zero attached hydrogens (tertiary/aromatic N) is 1. The second kappa shape index (κ2) is 6.48. The molecular formula is C11H13IN2O5S. The lowest BCUT2D eigenvalue weighted by Crippen LogP contribution is -2.18. The molecule has 1 aromatic carbocycles. The van der Waals surface area contributed by atoms with Gasteiger partial charge < -0.3 is 5.32 Å². The summed E-state index contributed by atoms with van der Waals surface area (Å²) in [5.41, 5.74) is 1.22. The van der Waals surface area contributed by atoms with E-state index in [-0.39, 0.29) is 15.2 Å². The van der Waals surface area contributed by atoms with E-state index in [9.17, 15) is 23.3 Å². The van der Waals surface area contributed by atoms with E-state index in [1.807, 2.05) is 22.6 Å². The van der Waals surface area contributed by atoms with Crippen LogP contribution >= 0.6 is 22.6 Å². The van der Waals surface area contributed by atoms with Crippen LogP contribution in [0.25, 0.3) is 0 Å². The van der Waals surface area contributed by atoms with Gasteiger partial charge in [-0.05, 0) is 37.1 Å². The number of amides is 1. The molecule has 1 amide bonds. The molecule has 1 rings (SSSR count). The number of alkyl halides is 1. The van der Waals surface area contributed by atoms with Gasteiger partial charge in [-0.1, -0.05) is 22.6 Å². The van der Waals surface area contributed by atoms with Gasteiger partial charge in [0.05, 0.1) is 9.32 Å². The molecule has 0 spiro atoms. The molecular weight excluding hydrogens is 399 g/mol. The molecule has 0 radical (unpaired) electrons. The molecule has 0 heterocycles. The topological polar surface area (TPSA) is 106 Å². The summed E-state index contributed by atoms with van der Waals surface area (Å²) in [4.78, 5) is 20.8. The highest BCUT2D eigenvalue weighted by molar-refractivity contribution is 14.1. The van der Waals surface area contributed by atoms with Crippen LogP contribution in [0.2, 0.25) is 0 Å². The summed E-state index contributed by atoms with van der Waals surface area (Å²) in [6.45, 7) is 3.08. The Balaban J connectivity index is 3.25. The number of carbonyl (C=O) groups is 1. The van der Waals surface area contributed by atoms with Crippen molar-refractivity contribution in [3.05, 3.63) is 33.4 Å². The number of hydrogen-bond acceptors (Lipinski definition) is 5.